The van der Waals surface area contributed by atoms with Crippen molar-refractivity contribution in [2.75, 3.05) is 7.11 Å². The van der Waals surface area contributed by atoms with Gasteiger partial charge in [-0.2, -0.15) is 0 Å². The van der Waals surface area contributed by atoms with Crippen molar-refractivity contribution >= 4 is 23.5 Å². The summed E-state index contributed by atoms with van der Waals surface area (Å²) in [6.07, 6.45) is -0.0784. The fraction of sp³-hybridized carbons (Fsp3) is 0.267. The normalized spacial score (nSPS) is 11.8. The molecule has 7 nitrogen and oxygen atoms in total. The molecule has 1 atom stereocenters. The quantitative estimate of drug-likeness (QED) is 0.836. The van der Waals surface area contributed by atoms with Crippen molar-refractivity contribution in [2.45, 2.75) is 19.4 Å². The third-order valence-electron chi connectivity index (χ3n) is 3.08. The van der Waals surface area contributed by atoms with Gasteiger partial charge >= 0.3 is 5.97 Å². The number of carboxylic acid groups (broad SMARTS) is 1. The van der Waals surface area contributed by atoms with E-state index in [1.165, 1.54) is 19.2 Å². The van der Waals surface area contributed by atoms with Gasteiger partial charge in [-0.25, -0.2) is 4.79 Å². The molecule has 1 unspecified atom stereocenters. The van der Waals surface area contributed by atoms with Crippen molar-refractivity contribution < 1.29 is 24.0 Å². The average Bonchev–Trinajstić information content (AvgIpc) is 2.89. The zero-order valence-electron chi connectivity index (χ0n) is 12.5. The van der Waals surface area contributed by atoms with E-state index >= 15 is 0 Å². The molecule has 0 bridgehead atoms. The van der Waals surface area contributed by atoms with E-state index in [0.29, 0.717) is 22.8 Å². The van der Waals surface area contributed by atoms with E-state index < -0.39 is 17.9 Å². The average molecular weight is 339 g/mol. The van der Waals surface area contributed by atoms with Crippen molar-refractivity contribution in [1.29, 1.82) is 0 Å². The number of rotatable bonds is 6. The lowest BCUT2D eigenvalue weighted by atomic mass is 10.1. The van der Waals surface area contributed by atoms with Gasteiger partial charge in [-0.1, -0.05) is 22.8 Å². The van der Waals surface area contributed by atoms with Crippen LogP contribution in [0.4, 0.5) is 0 Å². The van der Waals surface area contributed by atoms with E-state index in [-0.39, 0.29) is 11.4 Å². The number of hydrogen-bond acceptors (Lipinski definition) is 5. The van der Waals surface area contributed by atoms with Gasteiger partial charge in [0, 0.05) is 6.07 Å². The molecule has 0 radical (unpaired) electrons. The molecule has 0 aliphatic carbocycles. The molecule has 23 heavy (non-hydrogen) atoms. The maximum absolute atomic E-state index is 12.0. The smallest absolute Gasteiger partial charge is 0.330 e. The fourth-order valence-electron chi connectivity index (χ4n) is 2.03. The molecular formula is C15H15ClN2O5. The number of aryl methyl sites for hydroxylation is 1. The summed E-state index contributed by atoms with van der Waals surface area (Å²) >= 11 is 5.99. The topological polar surface area (TPSA) is 102 Å². The minimum atomic E-state index is -1.22. The molecule has 122 valence electrons. The number of ether oxygens (including phenoxy) is 1. The summed E-state index contributed by atoms with van der Waals surface area (Å²) in [5.74, 6) is -0.693. The van der Waals surface area contributed by atoms with E-state index in [1.807, 2.05) is 0 Å². The van der Waals surface area contributed by atoms with Gasteiger partial charge in [0.15, 0.2) is 6.04 Å². The van der Waals surface area contributed by atoms with Gasteiger partial charge < -0.3 is 19.7 Å². The number of nitrogens with zero attached hydrogens (tertiary/aromatic N) is 1. The zero-order valence-corrected chi connectivity index (χ0v) is 13.3. The summed E-state index contributed by atoms with van der Waals surface area (Å²) in [6, 6.07) is 4.91. The third kappa shape index (κ3) is 4.23. The van der Waals surface area contributed by atoms with Crippen LogP contribution in [0, 0.1) is 6.92 Å². The van der Waals surface area contributed by atoms with Crippen LogP contribution in [0.5, 0.6) is 5.75 Å². The number of halogens is 1. The highest BCUT2D eigenvalue weighted by atomic mass is 35.5. The van der Waals surface area contributed by atoms with Gasteiger partial charge in [0.1, 0.15) is 11.5 Å². The molecule has 2 rings (SSSR count). The Labute approximate surface area is 137 Å². The molecule has 1 amide bonds. The van der Waals surface area contributed by atoms with E-state index in [0.717, 1.165) is 0 Å². The van der Waals surface area contributed by atoms with Gasteiger partial charge in [0.05, 0.1) is 24.2 Å². The van der Waals surface area contributed by atoms with Crippen LogP contribution in [0.2, 0.25) is 5.02 Å². The number of aromatic nitrogens is 1. The zero-order chi connectivity index (χ0) is 17.0. The number of amides is 1. The van der Waals surface area contributed by atoms with Crippen molar-refractivity contribution in [3.8, 4) is 5.75 Å². The molecule has 0 aliphatic rings. The molecular weight excluding hydrogens is 324 g/mol. The number of benzene rings is 1. The second-order valence-electron chi connectivity index (χ2n) is 4.84. The Bertz CT molecular complexity index is 728. The minimum absolute atomic E-state index is 0.0784. The molecule has 0 fully saturated rings. The van der Waals surface area contributed by atoms with Crippen molar-refractivity contribution in [2.24, 2.45) is 0 Å². The summed E-state index contributed by atoms with van der Waals surface area (Å²) in [6.45, 7) is 1.70. The second-order valence-corrected chi connectivity index (χ2v) is 5.25. The van der Waals surface area contributed by atoms with Crippen LogP contribution in [0.3, 0.4) is 0 Å². The highest BCUT2D eigenvalue weighted by Gasteiger charge is 2.23. The molecule has 1 aromatic heterocycles. The molecule has 8 heteroatoms. The maximum Gasteiger partial charge on any atom is 0.330 e. The molecule has 0 saturated heterocycles. The van der Waals surface area contributed by atoms with E-state index in [9.17, 15) is 14.7 Å². The Morgan fingerprint density at radius 3 is 2.70 bits per heavy atom. The lowest BCUT2D eigenvalue weighted by Crippen LogP contribution is -2.34. The highest BCUT2D eigenvalue weighted by molar-refractivity contribution is 6.32. The summed E-state index contributed by atoms with van der Waals surface area (Å²) in [5.41, 5.74) is 0.768. The Morgan fingerprint density at radius 1 is 1.43 bits per heavy atom. The van der Waals surface area contributed by atoms with Gasteiger partial charge in [-0.05, 0) is 24.6 Å². The molecule has 1 aromatic carbocycles. The molecule has 0 spiro atoms. The second kappa shape index (κ2) is 7.15. The summed E-state index contributed by atoms with van der Waals surface area (Å²) in [4.78, 5) is 23.4. The monoisotopic (exact) mass is 338 g/mol. The van der Waals surface area contributed by atoms with Crippen molar-refractivity contribution in [3.63, 3.8) is 0 Å². The van der Waals surface area contributed by atoms with Crippen molar-refractivity contribution in [1.82, 2.24) is 10.5 Å². The Hall–Kier alpha value is -2.54. The summed E-state index contributed by atoms with van der Waals surface area (Å²) < 4.78 is 9.88. The SMILES string of the molecule is COc1ccc(C(NC(=O)Cc2cc(C)on2)C(=O)O)cc1Cl. The van der Waals surface area contributed by atoms with Crippen LogP contribution in [0.25, 0.3) is 0 Å². The van der Waals surface area contributed by atoms with Gasteiger partial charge in [0.25, 0.3) is 0 Å². The largest absolute Gasteiger partial charge is 0.495 e. The predicted octanol–water partition coefficient (Wildman–Crippen LogP) is 2.13. The third-order valence-corrected chi connectivity index (χ3v) is 3.38. The van der Waals surface area contributed by atoms with E-state index in [2.05, 4.69) is 10.5 Å². The first-order valence-electron chi connectivity index (χ1n) is 6.68. The first-order chi connectivity index (χ1) is 10.9. The Balaban J connectivity index is 2.13. The van der Waals surface area contributed by atoms with Gasteiger partial charge in [-0.3, -0.25) is 4.79 Å². The number of aliphatic carboxylic acids is 1. The molecule has 1 heterocycles. The molecule has 0 saturated carbocycles. The molecule has 2 N–H and O–H groups in total. The number of nitrogens with one attached hydrogen (secondary N) is 1. The fourth-order valence-corrected chi connectivity index (χ4v) is 2.29. The standard InChI is InChI=1S/C15H15ClN2O5/c1-8-5-10(18-23-8)7-13(19)17-14(15(20)21)9-3-4-12(22-2)11(16)6-9/h3-6,14H,7H2,1-2H3,(H,17,19)(H,20,21). The van der Waals surface area contributed by atoms with Crippen LogP contribution < -0.4 is 10.1 Å². The summed E-state index contributed by atoms with van der Waals surface area (Å²) in [7, 11) is 1.46. The first-order valence-corrected chi connectivity index (χ1v) is 7.06. The number of carbonyl (C=O) groups excluding carboxylic acids is 1. The first kappa shape index (κ1) is 16.8. The van der Waals surface area contributed by atoms with Gasteiger partial charge in [0.2, 0.25) is 5.91 Å². The maximum atomic E-state index is 12.0. The van der Waals surface area contributed by atoms with E-state index in [4.69, 9.17) is 20.9 Å². The number of methoxy groups -OCH3 is 1. The van der Waals surface area contributed by atoms with Crippen molar-refractivity contribution in [3.05, 3.63) is 46.3 Å². The lowest BCUT2D eigenvalue weighted by molar-refractivity contribution is -0.142. The highest BCUT2D eigenvalue weighted by Crippen LogP contribution is 2.27. The van der Waals surface area contributed by atoms with Crippen LogP contribution in [0.15, 0.2) is 28.8 Å². The molecule has 0 aliphatic heterocycles. The van der Waals surface area contributed by atoms with Crippen LogP contribution in [0.1, 0.15) is 23.1 Å². The van der Waals surface area contributed by atoms with Gasteiger partial charge in [-0.15, -0.1) is 0 Å². The molecule has 2 aromatic rings. The number of hydrogen-bond donors (Lipinski definition) is 2. The summed E-state index contributed by atoms with van der Waals surface area (Å²) in [5, 5.41) is 15.7. The van der Waals surface area contributed by atoms with Crippen LogP contribution in [-0.2, 0) is 16.0 Å². The minimum Gasteiger partial charge on any atom is -0.495 e. The number of carbonyl (C=O) groups is 2. The van der Waals surface area contributed by atoms with Crippen LogP contribution >= 0.6 is 11.6 Å². The Kier molecular flexibility index (Phi) is 5.23. The van der Waals surface area contributed by atoms with E-state index in [1.54, 1.807) is 19.1 Å². The lowest BCUT2D eigenvalue weighted by Gasteiger charge is -2.15. The number of carboxylic acids is 1. The predicted molar refractivity (Wildman–Crippen MR) is 81.5 cm³/mol. The van der Waals surface area contributed by atoms with Crippen LogP contribution in [-0.4, -0.2) is 29.2 Å². The Morgan fingerprint density at radius 2 is 2.17 bits per heavy atom.